The Balaban J connectivity index is 1.08. The van der Waals surface area contributed by atoms with Crippen LogP contribution in [0.4, 0.5) is 0 Å². The van der Waals surface area contributed by atoms with Gasteiger partial charge in [-0.15, -0.1) is 0 Å². The summed E-state index contributed by atoms with van der Waals surface area (Å²) in [6, 6.07) is 27.8. The predicted molar refractivity (Wildman–Crippen MR) is 162 cm³/mol. The zero-order valence-corrected chi connectivity index (χ0v) is 23.1. The second kappa shape index (κ2) is 13.9. The van der Waals surface area contributed by atoms with E-state index in [1.54, 1.807) is 6.07 Å². The Labute approximate surface area is 237 Å². The number of carbonyl (C=O) groups excluding carboxylic acids is 2. The number of amides is 2. The highest BCUT2D eigenvalue weighted by Gasteiger charge is 2.25. The standard InChI is InChI=1S/C34H38N4O2/c39-33(37-24-20-35(21-25-37)18-8-14-29-10-3-1-4-11-29)31-16-7-17-32(28-31)34(40)38-26-22-36(23-27-38)19-9-15-30-12-5-2-6-13-30/h1-17,28H,18-27H2/b14-8+,15-9+. The second-order valence-corrected chi connectivity index (χ2v) is 10.4. The first-order chi connectivity index (χ1) is 19.7. The summed E-state index contributed by atoms with van der Waals surface area (Å²) < 4.78 is 0. The third kappa shape index (κ3) is 7.56. The van der Waals surface area contributed by atoms with Crippen molar-refractivity contribution in [3.05, 3.63) is 119 Å². The molecule has 0 saturated carbocycles. The zero-order valence-electron chi connectivity index (χ0n) is 23.1. The van der Waals surface area contributed by atoms with E-state index in [9.17, 15) is 9.59 Å². The monoisotopic (exact) mass is 534 g/mol. The minimum atomic E-state index is 0.00384. The molecule has 0 aliphatic carbocycles. The van der Waals surface area contributed by atoms with E-state index in [1.165, 1.54) is 11.1 Å². The van der Waals surface area contributed by atoms with Crippen LogP contribution in [0.2, 0.25) is 0 Å². The first-order valence-electron chi connectivity index (χ1n) is 14.2. The molecule has 3 aromatic carbocycles. The van der Waals surface area contributed by atoms with Crippen LogP contribution in [0.1, 0.15) is 31.8 Å². The first-order valence-corrected chi connectivity index (χ1v) is 14.2. The van der Waals surface area contributed by atoms with Crippen LogP contribution < -0.4 is 0 Å². The van der Waals surface area contributed by atoms with Gasteiger partial charge in [-0.05, 0) is 29.3 Å². The number of nitrogens with zero attached hydrogens (tertiary/aromatic N) is 4. The van der Waals surface area contributed by atoms with E-state index in [-0.39, 0.29) is 11.8 Å². The van der Waals surface area contributed by atoms with Crippen molar-refractivity contribution >= 4 is 24.0 Å². The molecule has 2 heterocycles. The summed E-state index contributed by atoms with van der Waals surface area (Å²) in [5, 5.41) is 0. The molecule has 5 rings (SSSR count). The summed E-state index contributed by atoms with van der Waals surface area (Å²) in [6.07, 6.45) is 8.65. The van der Waals surface area contributed by atoms with Gasteiger partial charge in [-0.2, -0.15) is 0 Å². The van der Waals surface area contributed by atoms with Gasteiger partial charge in [0.2, 0.25) is 0 Å². The molecule has 2 saturated heterocycles. The topological polar surface area (TPSA) is 47.1 Å². The molecule has 0 radical (unpaired) electrons. The molecule has 0 aromatic heterocycles. The number of hydrogen-bond donors (Lipinski definition) is 0. The SMILES string of the molecule is O=C(c1cccc(C(=O)N2CCN(C/C=C/c3ccccc3)CC2)c1)N1CCN(C/C=C/c2ccccc2)CC1. The minimum Gasteiger partial charge on any atom is -0.336 e. The van der Waals surface area contributed by atoms with E-state index in [2.05, 4.69) is 58.4 Å². The van der Waals surface area contributed by atoms with Crippen LogP contribution in [0, 0.1) is 0 Å². The van der Waals surface area contributed by atoms with Crippen molar-refractivity contribution in [2.24, 2.45) is 0 Å². The maximum atomic E-state index is 13.3. The molecule has 0 bridgehead atoms. The molecule has 2 aliphatic rings. The van der Waals surface area contributed by atoms with Crippen molar-refractivity contribution in [2.75, 3.05) is 65.4 Å². The van der Waals surface area contributed by atoms with Gasteiger partial charge in [0.15, 0.2) is 0 Å². The van der Waals surface area contributed by atoms with Gasteiger partial charge in [0.05, 0.1) is 0 Å². The molecule has 40 heavy (non-hydrogen) atoms. The number of piperazine rings is 2. The highest BCUT2D eigenvalue weighted by Crippen LogP contribution is 2.15. The fraction of sp³-hybridized carbons (Fsp3) is 0.294. The summed E-state index contributed by atoms with van der Waals surface area (Å²) in [6.45, 7) is 7.88. The summed E-state index contributed by atoms with van der Waals surface area (Å²) in [7, 11) is 0. The van der Waals surface area contributed by atoms with Gasteiger partial charge >= 0.3 is 0 Å². The minimum absolute atomic E-state index is 0.00384. The zero-order chi connectivity index (χ0) is 27.6. The summed E-state index contributed by atoms with van der Waals surface area (Å²) in [4.78, 5) is 35.0. The van der Waals surface area contributed by atoms with E-state index in [1.807, 2.05) is 64.4 Å². The van der Waals surface area contributed by atoms with Gasteiger partial charge in [-0.25, -0.2) is 0 Å². The van der Waals surface area contributed by atoms with Crippen LogP contribution >= 0.6 is 0 Å². The summed E-state index contributed by atoms with van der Waals surface area (Å²) in [5.74, 6) is 0.00769. The largest absolute Gasteiger partial charge is 0.336 e. The number of carbonyl (C=O) groups is 2. The smallest absolute Gasteiger partial charge is 0.253 e. The molecule has 2 amide bonds. The molecular weight excluding hydrogens is 496 g/mol. The first kappa shape index (κ1) is 27.6. The van der Waals surface area contributed by atoms with E-state index in [4.69, 9.17) is 0 Å². The van der Waals surface area contributed by atoms with Crippen molar-refractivity contribution in [1.29, 1.82) is 0 Å². The molecule has 0 N–H and O–H groups in total. The predicted octanol–water partition coefficient (Wildman–Crippen LogP) is 4.63. The maximum Gasteiger partial charge on any atom is 0.253 e. The highest BCUT2D eigenvalue weighted by molar-refractivity contribution is 5.99. The van der Waals surface area contributed by atoms with Crippen molar-refractivity contribution < 1.29 is 9.59 Å². The fourth-order valence-corrected chi connectivity index (χ4v) is 5.22. The Hall–Kier alpha value is -4.00. The normalized spacial score (nSPS) is 17.1. The van der Waals surface area contributed by atoms with Gasteiger partial charge in [0, 0.05) is 76.6 Å². The molecule has 0 spiro atoms. The lowest BCUT2D eigenvalue weighted by molar-refractivity contribution is 0.0648. The lowest BCUT2D eigenvalue weighted by Gasteiger charge is -2.35. The fourth-order valence-electron chi connectivity index (χ4n) is 5.22. The van der Waals surface area contributed by atoms with Crippen molar-refractivity contribution in [3.63, 3.8) is 0 Å². The molecule has 0 atom stereocenters. The average Bonchev–Trinajstić information content (AvgIpc) is 3.02. The van der Waals surface area contributed by atoms with E-state index >= 15 is 0 Å². The lowest BCUT2D eigenvalue weighted by atomic mass is 10.1. The van der Waals surface area contributed by atoms with Crippen molar-refractivity contribution in [1.82, 2.24) is 19.6 Å². The molecule has 0 unspecified atom stereocenters. The Morgan fingerprint density at radius 2 is 0.925 bits per heavy atom. The van der Waals surface area contributed by atoms with Crippen LogP contribution in [0.15, 0.2) is 97.1 Å². The Kier molecular flexibility index (Phi) is 9.56. The summed E-state index contributed by atoms with van der Waals surface area (Å²) >= 11 is 0. The van der Waals surface area contributed by atoms with Crippen molar-refractivity contribution in [2.45, 2.75) is 0 Å². The maximum absolute atomic E-state index is 13.3. The van der Waals surface area contributed by atoms with E-state index < -0.39 is 0 Å². The van der Waals surface area contributed by atoms with Gasteiger partial charge in [0.1, 0.15) is 0 Å². The molecular formula is C34H38N4O2. The highest BCUT2D eigenvalue weighted by atomic mass is 16.2. The molecule has 6 heteroatoms. The Bertz CT molecular complexity index is 1210. The summed E-state index contributed by atoms with van der Waals surface area (Å²) in [5.41, 5.74) is 3.58. The Morgan fingerprint density at radius 3 is 1.32 bits per heavy atom. The van der Waals surface area contributed by atoms with Crippen LogP contribution in [0.25, 0.3) is 12.2 Å². The quantitative estimate of drug-likeness (QED) is 0.423. The van der Waals surface area contributed by atoms with E-state index in [0.717, 1.165) is 39.3 Å². The number of hydrogen-bond acceptors (Lipinski definition) is 4. The molecule has 2 aliphatic heterocycles. The molecule has 6 nitrogen and oxygen atoms in total. The number of benzene rings is 3. The molecule has 3 aromatic rings. The Morgan fingerprint density at radius 1 is 0.525 bits per heavy atom. The molecule has 206 valence electrons. The third-order valence-electron chi connectivity index (χ3n) is 7.62. The lowest BCUT2D eigenvalue weighted by Crippen LogP contribution is -2.49. The van der Waals surface area contributed by atoms with Gasteiger partial charge in [-0.1, -0.05) is 91.0 Å². The second-order valence-electron chi connectivity index (χ2n) is 10.4. The van der Waals surface area contributed by atoms with Crippen LogP contribution in [0.3, 0.4) is 0 Å². The molecule has 2 fully saturated rings. The van der Waals surface area contributed by atoms with Crippen LogP contribution in [-0.4, -0.2) is 96.9 Å². The van der Waals surface area contributed by atoms with Gasteiger partial charge in [-0.3, -0.25) is 19.4 Å². The van der Waals surface area contributed by atoms with Crippen molar-refractivity contribution in [3.8, 4) is 0 Å². The van der Waals surface area contributed by atoms with Gasteiger partial charge in [0.25, 0.3) is 11.8 Å². The van der Waals surface area contributed by atoms with Gasteiger partial charge < -0.3 is 9.80 Å². The average molecular weight is 535 g/mol. The van der Waals surface area contributed by atoms with Crippen LogP contribution in [-0.2, 0) is 0 Å². The van der Waals surface area contributed by atoms with E-state index in [0.29, 0.717) is 37.3 Å². The number of rotatable bonds is 8. The van der Waals surface area contributed by atoms with Crippen LogP contribution in [0.5, 0.6) is 0 Å². The third-order valence-corrected chi connectivity index (χ3v) is 7.62.